The molecular formula is C9H19NO2S. The molecule has 0 aromatic rings. The summed E-state index contributed by atoms with van der Waals surface area (Å²) in [6.07, 6.45) is 2.26. The molecule has 13 heavy (non-hydrogen) atoms. The molecule has 0 heterocycles. The highest BCUT2D eigenvalue weighted by molar-refractivity contribution is 7.98. The number of hydrogen-bond donors (Lipinski definition) is 1. The number of carboxylic acid groups (broad SMARTS) is 1. The minimum Gasteiger partial charge on any atom is -0.481 e. The van der Waals surface area contributed by atoms with Gasteiger partial charge in [0.2, 0.25) is 0 Å². The standard InChI is InChI=1S/C9H19NO2S/c1-4-10(5-2)8(7-13-3)6-9(11)12/h8H,4-7H2,1-3H3,(H,11,12). The second kappa shape index (κ2) is 7.21. The third-order valence-electron chi connectivity index (χ3n) is 2.10. The van der Waals surface area contributed by atoms with Crippen molar-refractivity contribution in [2.45, 2.75) is 26.3 Å². The molecule has 0 aliphatic carbocycles. The van der Waals surface area contributed by atoms with E-state index < -0.39 is 5.97 Å². The van der Waals surface area contributed by atoms with Crippen LogP contribution in [0.1, 0.15) is 20.3 Å². The molecule has 0 bridgehead atoms. The SMILES string of the molecule is CCN(CC)C(CSC)CC(=O)O. The molecule has 0 rings (SSSR count). The van der Waals surface area contributed by atoms with Crippen molar-refractivity contribution in [3.05, 3.63) is 0 Å². The van der Waals surface area contributed by atoms with E-state index in [2.05, 4.69) is 18.7 Å². The van der Waals surface area contributed by atoms with Crippen LogP contribution in [0.2, 0.25) is 0 Å². The van der Waals surface area contributed by atoms with Crippen molar-refractivity contribution in [1.29, 1.82) is 0 Å². The van der Waals surface area contributed by atoms with Crippen LogP contribution in [0.25, 0.3) is 0 Å². The van der Waals surface area contributed by atoms with Gasteiger partial charge in [-0.15, -0.1) is 0 Å². The minimum atomic E-state index is -0.703. The molecule has 4 heteroatoms. The van der Waals surface area contributed by atoms with Crippen molar-refractivity contribution in [2.24, 2.45) is 0 Å². The van der Waals surface area contributed by atoms with Gasteiger partial charge in [0.1, 0.15) is 0 Å². The van der Waals surface area contributed by atoms with Crippen molar-refractivity contribution >= 4 is 17.7 Å². The second-order valence-corrected chi connectivity index (χ2v) is 3.84. The Kier molecular flexibility index (Phi) is 7.09. The third kappa shape index (κ3) is 5.16. The van der Waals surface area contributed by atoms with Gasteiger partial charge in [0.25, 0.3) is 0 Å². The van der Waals surface area contributed by atoms with Crippen molar-refractivity contribution in [1.82, 2.24) is 4.90 Å². The summed E-state index contributed by atoms with van der Waals surface area (Å²) in [4.78, 5) is 12.8. The van der Waals surface area contributed by atoms with Gasteiger partial charge in [-0.2, -0.15) is 11.8 Å². The van der Waals surface area contributed by atoms with Crippen LogP contribution >= 0.6 is 11.8 Å². The lowest BCUT2D eigenvalue weighted by molar-refractivity contribution is -0.138. The Labute approximate surface area is 84.5 Å². The van der Waals surface area contributed by atoms with Crippen LogP contribution < -0.4 is 0 Å². The van der Waals surface area contributed by atoms with E-state index in [0.29, 0.717) is 0 Å². The van der Waals surface area contributed by atoms with Crippen molar-refractivity contribution in [2.75, 3.05) is 25.1 Å². The zero-order valence-corrected chi connectivity index (χ0v) is 9.43. The maximum Gasteiger partial charge on any atom is 0.304 e. The first-order valence-corrected chi connectivity index (χ1v) is 5.99. The van der Waals surface area contributed by atoms with E-state index in [0.717, 1.165) is 18.8 Å². The fourth-order valence-corrected chi connectivity index (χ4v) is 2.14. The first-order valence-electron chi connectivity index (χ1n) is 4.60. The molecule has 0 spiro atoms. The van der Waals surface area contributed by atoms with Crippen LogP contribution in [-0.4, -0.2) is 47.1 Å². The molecule has 78 valence electrons. The molecule has 1 N–H and O–H groups in total. The zero-order chi connectivity index (χ0) is 10.3. The average Bonchev–Trinajstić information content (AvgIpc) is 2.05. The van der Waals surface area contributed by atoms with Crippen LogP contribution in [0.15, 0.2) is 0 Å². The van der Waals surface area contributed by atoms with Crippen LogP contribution in [-0.2, 0) is 4.79 Å². The lowest BCUT2D eigenvalue weighted by atomic mass is 10.2. The number of aliphatic carboxylic acids is 1. The van der Waals surface area contributed by atoms with Gasteiger partial charge in [-0.05, 0) is 19.3 Å². The fourth-order valence-electron chi connectivity index (χ4n) is 1.43. The lowest BCUT2D eigenvalue weighted by Crippen LogP contribution is -2.38. The predicted octanol–water partition coefficient (Wildman–Crippen LogP) is 1.53. The summed E-state index contributed by atoms with van der Waals surface area (Å²) < 4.78 is 0. The second-order valence-electron chi connectivity index (χ2n) is 2.93. The van der Waals surface area contributed by atoms with Crippen LogP contribution in [0.4, 0.5) is 0 Å². The number of rotatable bonds is 7. The molecule has 0 aliphatic rings. The summed E-state index contributed by atoms with van der Waals surface area (Å²) in [5.74, 6) is 0.194. The van der Waals surface area contributed by atoms with E-state index in [9.17, 15) is 4.79 Å². The maximum absolute atomic E-state index is 10.6. The average molecular weight is 205 g/mol. The number of carbonyl (C=O) groups is 1. The first-order chi connectivity index (χ1) is 6.15. The summed E-state index contributed by atoms with van der Waals surface area (Å²) in [6.45, 7) is 5.99. The molecule has 0 saturated heterocycles. The van der Waals surface area contributed by atoms with Crippen LogP contribution in [0, 0.1) is 0 Å². The molecule has 3 nitrogen and oxygen atoms in total. The number of hydrogen-bond acceptors (Lipinski definition) is 3. The molecule has 0 aromatic heterocycles. The summed E-state index contributed by atoms with van der Waals surface area (Å²) >= 11 is 1.71. The summed E-state index contributed by atoms with van der Waals surface area (Å²) in [6, 6.07) is 0.183. The molecular weight excluding hydrogens is 186 g/mol. The number of thioether (sulfide) groups is 1. The molecule has 1 atom stereocenters. The Morgan fingerprint density at radius 3 is 2.31 bits per heavy atom. The van der Waals surface area contributed by atoms with E-state index in [1.807, 2.05) is 6.26 Å². The van der Waals surface area contributed by atoms with E-state index in [1.54, 1.807) is 11.8 Å². The summed E-state index contributed by atoms with van der Waals surface area (Å²) in [5.41, 5.74) is 0. The topological polar surface area (TPSA) is 40.5 Å². The van der Waals surface area contributed by atoms with Gasteiger partial charge in [0, 0.05) is 11.8 Å². The van der Waals surface area contributed by atoms with E-state index >= 15 is 0 Å². The van der Waals surface area contributed by atoms with E-state index in [1.165, 1.54) is 0 Å². The van der Waals surface area contributed by atoms with Gasteiger partial charge in [0.05, 0.1) is 6.42 Å². The Bertz CT molecular complexity index is 149. The molecule has 0 amide bonds. The Morgan fingerprint density at radius 1 is 1.46 bits per heavy atom. The zero-order valence-electron chi connectivity index (χ0n) is 8.62. The van der Waals surface area contributed by atoms with Crippen LogP contribution in [0.5, 0.6) is 0 Å². The summed E-state index contributed by atoms with van der Waals surface area (Å²) in [7, 11) is 0. The number of carboxylic acids is 1. The van der Waals surface area contributed by atoms with Gasteiger partial charge < -0.3 is 5.11 Å². The van der Waals surface area contributed by atoms with Gasteiger partial charge in [0.15, 0.2) is 0 Å². The Balaban J connectivity index is 4.11. The maximum atomic E-state index is 10.6. The number of nitrogens with zero attached hydrogens (tertiary/aromatic N) is 1. The van der Waals surface area contributed by atoms with Crippen molar-refractivity contribution < 1.29 is 9.90 Å². The first kappa shape index (κ1) is 12.8. The molecule has 0 fully saturated rings. The van der Waals surface area contributed by atoms with Gasteiger partial charge >= 0.3 is 5.97 Å². The smallest absolute Gasteiger partial charge is 0.304 e. The molecule has 0 aromatic carbocycles. The van der Waals surface area contributed by atoms with Gasteiger partial charge in [-0.25, -0.2) is 0 Å². The molecule has 0 radical (unpaired) electrons. The predicted molar refractivity (Wildman–Crippen MR) is 57.3 cm³/mol. The Hall–Kier alpha value is -0.220. The Morgan fingerprint density at radius 2 is 2.00 bits per heavy atom. The molecule has 1 unspecified atom stereocenters. The largest absolute Gasteiger partial charge is 0.481 e. The fraction of sp³-hybridized carbons (Fsp3) is 0.889. The summed E-state index contributed by atoms with van der Waals surface area (Å²) in [5, 5.41) is 8.71. The highest BCUT2D eigenvalue weighted by Crippen LogP contribution is 2.09. The minimum absolute atomic E-state index is 0.183. The van der Waals surface area contributed by atoms with E-state index in [-0.39, 0.29) is 12.5 Å². The lowest BCUT2D eigenvalue weighted by Gasteiger charge is -2.27. The van der Waals surface area contributed by atoms with Crippen LogP contribution in [0.3, 0.4) is 0 Å². The van der Waals surface area contributed by atoms with Crippen molar-refractivity contribution in [3.8, 4) is 0 Å². The van der Waals surface area contributed by atoms with Crippen molar-refractivity contribution in [3.63, 3.8) is 0 Å². The third-order valence-corrected chi connectivity index (χ3v) is 2.82. The molecule has 0 saturated carbocycles. The molecule has 0 aliphatic heterocycles. The monoisotopic (exact) mass is 205 g/mol. The van der Waals surface area contributed by atoms with Gasteiger partial charge in [-0.3, -0.25) is 9.69 Å². The highest BCUT2D eigenvalue weighted by Gasteiger charge is 2.17. The normalized spacial score (nSPS) is 13.2. The van der Waals surface area contributed by atoms with E-state index in [4.69, 9.17) is 5.11 Å². The quantitative estimate of drug-likeness (QED) is 0.684. The highest BCUT2D eigenvalue weighted by atomic mass is 32.2. The van der Waals surface area contributed by atoms with Gasteiger partial charge in [-0.1, -0.05) is 13.8 Å².